The van der Waals surface area contributed by atoms with E-state index in [2.05, 4.69) is 10.1 Å². The Balaban J connectivity index is 1.45. The van der Waals surface area contributed by atoms with Crippen LogP contribution in [0.25, 0.3) is 11.4 Å². The van der Waals surface area contributed by atoms with Crippen molar-refractivity contribution in [2.75, 3.05) is 12.0 Å². The lowest BCUT2D eigenvalue weighted by molar-refractivity contribution is -0.127. The molecule has 3 aromatic rings. The van der Waals surface area contributed by atoms with Crippen LogP contribution in [0.5, 0.6) is 5.75 Å². The number of carbonyl (C=O) groups excluding carboxylic acids is 2. The second-order valence-corrected chi connectivity index (χ2v) is 9.13. The average Bonchev–Trinajstić information content (AvgIpc) is 3.30. The zero-order valence-electron chi connectivity index (χ0n) is 19.7. The molecule has 1 saturated heterocycles. The SMILES string of the molecule is COc1ccc(-c2noc(CN3C(=O)N(c4cc(C)cc(C)c4)C(=O)C4CCCCC43)n2)cc1. The van der Waals surface area contributed by atoms with Gasteiger partial charge in [-0.2, -0.15) is 4.98 Å². The van der Waals surface area contributed by atoms with Gasteiger partial charge in [0.25, 0.3) is 0 Å². The molecule has 2 heterocycles. The molecule has 8 nitrogen and oxygen atoms in total. The van der Waals surface area contributed by atoms with Crippen LogP contribution in [0.1, 0.15) is 42.7 Å². The molecule has 2 aromatic carbocycles. The summed E-state index contributed by atoms with van der Waals surface area (Å²) in [6.07, 6.45) is 3.54. The first-order chi connectivity index (χ1) is 16.4. The van der Waals surface area contributed by atoms with E-state index >= 15 is 0 Å². The maximum Gasteiger partial charge on any atom is 0.332 e. The highest BCUT2D eigenvalue weighted by molar-refractivity contribution is 6.17. The fraction of sp³-hybridized carbons (Fsp3) is 0.385. The molecule has 0 N–H and O–H groups in total. The van der Waals surface area contributed by atoms with Gasteiger partial charge in [-0.05, 0) is 74.2 Å². The Kier molecular flexibility index (Phi) is 5.81. The lowest BCUT2D eigenvalue weighted by Gasteiger charge is -2.46. The Morgan fingerprint density at radius 2 is 1.74 bits per heavy atom. The standard InChI is InChI=1S/C26H28N4O4/c1-16-12-17(2)14-19(13-16)30-25(31)21-6-4-5-7-22(21)29(26(30)32)15-23-27-24(28-34-23)18-8-10-20(33-3)11-9-18/h8-14,21-22H,4-7,15H2,1-3H3. The number of benzene rings is 2. The fourth-order valence-corrected chi connectivity index (χ4v) is 5.13. The Labute approximate surface area is 198 Å². The number of aromatic nitrogens is 2. The maximum atomic E-state index is 13.7. The van der Waals surface area contributed by atoms with E-state index in [4.69, 9.17) is 9.26 Å². The predicted octanol–water partition coefficient (Wildman–Crippen LogP) is 4.89. The van der Waals surface area contributed by atoms with E-state index < -0.39 is 0 Å². The largest absolute Gasteiger partial charge is 0.497 e. The van der Waals surface area contributed by atoms with Crippen LogP contribution in [0.2, 0.25) is 0 Å². The van der Waals surface area contributed by atoms with Crippen LogP contribution in [0, 0.1) is 19.8 Å². The van der Waals surface area contributed by atoms with E-state index in [9.17, 15) is 9.59 Å². The second-order valence-electron chi connectivity index (χ2n) is 9.13. The summed E-state index contributed by atoms with van der Waals surface area (Å²) in [5.74, 6) is 1.20. The van der Waals surface area contributed by atoms with Gasteiger partial charge in [0.2, 0.25) is 17.6 Å². The average molecular weight is 461 g/mol. The zero-order chi connectivity index (χ0) is 23.8. The topological polar surface area (TPSA) is 88.8 Å². The number of ether oxygens (including phenoxy) is 1. The number of methoxy groups -OCH3 is 1. The van der Waals surface area contributed by atoms with E-state index in [0.29, 0.717) is 17.4 Å². The third kappa shape index (κ3) is 4.04. The number of fused-ring (bicyclic) bond motifs is 1. The van der Waals surface area contributed by atoms with Gasteiger partial charge < -0.3 is 14.2 Å². The van der Waals surface area contributed by atoms with Gasteiger partial charge >= 0.3 is 6.03 Å². The van der Waals surface area contributed by atoms with E-state index in [0.717, 1.165) is 48.1 Å². The summed E-state index contributed by atoms with van der Waals surface area (Å²) >= 11 is 0. The summed E-state index contributed by atoms with van der Waals surface area (Å²) in [6, 6.07) is 12.7. The van der Waals surface area contributed by atoms with Crippen molar-refractivity contribution in [1.82, 2.24) is 15.0 Å². The number of hydrogen-bond acceptors (Lipinski definition) is 6. The van der Waals surface area contributed by atoms with Gasteiger partial charge in [-0.15, -0.1) is 0 Å². The first kappa shape index (κ1) is 22.1. The first-order valence-electron chi connectivity index (χ1n) is 11.6. The van der Waals surface area contributed by atoms with Crippen molar-refractivity contribution in [1.29, 1.82) is 0 Å². The summed E-state index contributed by atoms with van der Waals surface area (Å²) in [7, 11) is 1.61. The van der Waals surface area contributed by atoms with Gasteiger partial charge in [0.1, 0.15) is 12.3 Å². The Morgan fingerprint density at radius 3 is 2.44 bits per heavy atom. The van der Waals surface area contributed by atoms with E-state index in [1.165, 1.54) is 4.90 Å². The van der Waals surface area contributed by atoms with Crippen LogP contribution in [0.3, 0.4) is 0 Å². The molecule has 34 heavy (non-hydrogen) atoms. The minimum absolute atomic E-state index is 0.111. The number of nitrogens with zero attached hydrogens (tertiary/aromatic N) is 4. The summed E-state index contributed by atoms with van der Waals surface area (Å²) < 4.78 is 10.7. The van der Waals surface area contributed by atoms with Crippen LogP contribution in [0.4, 0.5) is 10.5 Å². The second kappa shape index (κ2) is 8.93. The number of amides is 3. The number of urea groups is 1. The molecule has 1 aromatic heterocycles. The molecule has 1 aliphatic carbocycles. The third-order valence-electron chi connectivity index (χ3n) is 6.69. The summed E-state index contributed by atoms with van der Waals surface area (Å²) in [4.78, 5) is 34.8. The van der Waals surface area contributed by atoms with Crippen molar-refractivity contribution in [2.45, 2.75) is 52.1 Å². The highest BCUT2D eigenvalue weighted by atomic mass is 16.5. The Morgan fingerprint density at radius 1 is 1.03 bits per heavy atom. The van der Waals surface area contributed by atoms with Crippen LogP contribution in [-0.4, -0.2) is 40.1 Å². The number of aryl methyl sites for hydroxylation is 2. The van der Waals surface area contributed by atoms with Gasteiger partial charge in [-0.1, -0.05) is 24.1 Å². The van der Waals surface area contributed by atoms with E-state index in [1.807, 2.05) is 56.3 Å². The van der Waals surface area contributed by atoms with Crippen molar-refractivity contribution in [3.05, 3.63) is 59.5 Å². The molecule has 2 unspecified atom stereocenters. The third-order valence-corrected chi connectivity index (χ3v) is 6.69. The van der Waals surface area contributed by atoms with Gasteiger partial charge in [0.15, 0.2) is 0 Å². The molecule has 1 saturated carbocycles. The van der Waals surface area contributed by atoms with Gasteiger partial charge in [0, 0.05) is 11.6 Å². The number of hydrogen-bond donors (Lipinski definition) is 0. The number of imide groups is 1. The molecule has 2 aliphatic rings. The minimum atomic E-state index is -0.331. The molecule has 3 amide bonds. The number of carbonyl (C=O) groups is 2. The lowest BCUT2D eigenvalue weighted by atomic mass is 9.81. The maximum absolute atomic E-state index is 13.7. The minimum Gasteiger partial charge on any atom is -0.497 e. The fourth-order valence-electron chi connectivity index (χ4n) is 5.13. The highest BCUT2D eigenvalue weighted by Gasteiger charge is 2.48. The van der Waals surface area contributed by atoms with Crippen molar-refractivity contribution in [3.8, 4) is 17.1 Å². The van der Waals surface area contributed by atoms with Crippen molar-refractivity contribution in [2.24, 2.45) is 5.92 Å². The van der Waals surface area contributed by atoms with E-state index in [1.54, 1.807) is 12.0 Å². The van der Waals surface area contributed by atoms with Crippen LogP contribution in [0.15, 0.2) is 47.0 Å². The van der Waals surface area contributed by atoms with Crippen LogP contribution < -0.4 is 9.64 Å². The first-order valence-corrected chi connectivity index (χ1v) is 11.6. The van der Waals surface area contributed by atoms with Crippen molar-refractivity contribution >= 4 is 17.6 Å². The molecule has 0 bridgehead atoms. The molecule has 2 atom stereocenters. The summed E-state index contributed by atoms with van der Waals surface area (Å²) in [5, 5.41) is 4.11. The summed E-state index contributed by atoms with van der Waals surface area (Å²) in [6.45, 7) is 4.10. The van der Waals surface area contributed by atoms with Crippen LogP contribution >= 0.6 is 0 Å². The summed E-state index contributed by atoms with van der Waals surface area (Å²) in [5.41, 5.74) is 3.43. The molecule has 0 spiro atoms. The molecule has 2 fully saturated rings. The lowest BCUT2D eigenvalue weighted by Crippen LogP contribution is -2.62. The molecule has 0 radical (unpaired) electrons. The molecular weight excluding hydrogens is 432 g/mol. The molecule has 176 valence electrons. The number of anilines is 1. The smallest absolute Gasteiger partial charge is 0.332 e. The molecule has 8 heteroatoms. The van der Waals surface area contributed by atoms with Crippen molar-refractivity contribution < 1.29 is 18.8 Å². The van der Waals surface area contributed by atoms with Gasteiger partial charge in [-0.25, -0.2) is 9.69 Å². The number of rotatable bonds is 5. The predicted molar refractivity (Wildman–Crippen MR) is 126 cm³/mol. The van der Waals surface area contributed by atoms with Gasteiger partial charge in [-0.3, -0.25) is 4.79 Å². The Hall–Kier alpha value is -3.68. The monoisotopic (exact) mass is 460 g/mol. The zero-order valence-corrected chi connectivity index (χ0v) is 19.7. The van der Waals surface area contributed by atoms with Crippen LogP contribution in [-0.2, 0) is 11.3 Å². The Bertz CT molecular complexity index is 1200. The highest BCUT2D eigenvalue weighted by Crippen LogP contribution is 2.37. The normalized spacial score (nSPS) is 20.4. The van der Waals surface area contributed by atoms with Gasteiger partial charge in [0.05, 0.1) is 18.7 Å². The van der Waals surface area contributed by atoms with Crippen molar-refractivity contribution in [3.63, 3.8) is 0 Å². The van der Waals surface area contributed by atoms with E-state index in [-0.39, 0.29) is 30.4 Å². The molecular formula is C26H28N4O4. The molecule has 1 aliphatic heterocycles. The molecule has 5 rings (SSSR count). The quantitative estimate of drug-likeness (QED) is 0.539.